The second-order valence-corrected chi connectivity index (χ2v) is 2.78. The van der Waals surface area contributed by atoms with Gasteiger partial charge in [0.25, 0.3) is 0 Å². The molecule has 1 atom stereocenters. The van der Waals surface area contributed by atoms with Crippen LogP contribution in [0.5, 0.6) is 5.75 Å². The summed E-state index contributed by atoms with van der Waals surface area (Å²) in [5, 5.41) is 9.14. The summed E-state index contributed by atoms with van der Waals surface area (Å²) < 4.78 is 0. The molecule has 0 aromatic heterocycles. The summed E-state index contributed by atoms with van der Waals surface area (Å²) >= 11 is 0. The van der Waals surface area contributed by atoms with Gasteiger partial charge in [-0.2, -0.15) is 0 Å². The Kier molecular flexibility index (Phi) is 5.46. The van der Waals surface area contributed by atoms with Crippen LogP contribution < -0.4 is 11.5 Å². The zero-order valence-corrected chi connectivity index (χ0v) is 8.13. The van der Waals surface area contributed by atoms with Crippen molar-refractivity contribution in [3.8, 4) is 5.75 Å². The molecular weight excluding hydrogens is 188 g/mol. The summed E-state index contributed by atoms with van der Waals surface area (Å²) in [6.07, 6.45) is 0.740. The second kappa shape index (κ2) is 5.80. The number of benzene rings is 1. The average Bonchev–Trinajstić information content (AvgIpc) is 2.05. The van der Waals surface area contributed by atoms with Crippen molar-refractivity contribution in [1.82, 2.24) is 0 Å². The normalized spacial score (nSPS) is 11.8. The molecular formula is C9H15ClN2O. The van der Waals surface area contributed by atoms with Crippen molar-refractivity contribution in [1.29, 1.82) is 0 Å². The molecule has 0 spiro atoms. The average molecular weight is 203 g/mol. The highest BCUT2D eigenvalue weighted by Gasteiger charge is 2.04. The maximum Gasteiger partial charge on any atom is 0.115 e. The van der Waals surface area contributed by atoms with Crippen LogP contribution in [0.4, 0.5) is 0 Å². The molecule has 0 bridgehead atoms. The van der Waals surface area contributed by atoms with Crippen molar-refractivity contribution in [3.63, 3.8) is 0 Å². The van der Waals surface area contributed by atoms with Gasteiger partial charge in [0.2, 0.25) is 0 Å². The number of phenols is 1. The molecule has 0 aliphatic rings. The van der Waals surface area contributed by atoms with Crippen LogP contribution in [0.2, 0.25) is 0 Å². The molecule has 0 aliphatic carbocycles. The van der Waals surface area contributed by atoms with Crippen LogP contribution in [0.3, 0.4) is 0 Å². The number of hydrogen-bond acceptors (Lipinski definition) is 3. The van der Waals surface area contributed by atoms with E-state index in [9.17, 15) is 0 Å². The predicted octanol–water partition coefficient (Wildman–Crippen LogP) is 1.16. The predicted molar refractivity (Wildman–Crippen MR) is 56.0 cm³/mol. The van der Waals surface area contributed by atoms with Crippen LogP contribution in [0.25, 0.3) is 0 Å². The Morgan fingerprint density at radius 1 is 1.38 bits per heavy atom. The third-order valence-electron chi connectivity index (χ3n) is 1.78. The SMILES string of the molecule is Cl.NCC[C@@H](N)c1cccc(O)c1. The van der Waals surface area contributed by atoms with E-state index < -0.39 is 0 Å². The van der Waals surface area contributed by atoms with Gasteiger partial charge in [-0.05, 0) is 30.7 Å². The highest BCUT2D eigenvalue weighted by Crippen LogP contribution is 2.17. The molecule has 5 N–H and O–H groups in total. The Hall–Kier alpha value is -0.770. The Balaban J connectivity index is 0.00000144. The quantitative estimate of drug-likeness (QED) is 0.689. The molecule has 0 heterocycles. The van der Waals surface area contributed by atoms with Crippen LogP contribution in [-0.2, 0) is 0 Å². The van der Waals surface area contributed by atoms with E-state index in [1.54, 1.807) is 18.2 Å². The number of aromatic hydroxyl groups is 1. The Labute approximate surface area is 84.2 Å². The first-order valence-electron chi connectivity index (χ1n) is 3.98. The fourth-order valence-corrected chi connectivity index (χ4v) is 1.10. The largest absolute Gasteiger partial charge is 0.508 e. The molecule has 0 fully saturated rings. The van der Waals surface area contributed by atoms with Crippen molar-refractivity contribution < 1.29 is 5.11 Å². The van der Waals surface area contributed by atoms with E-state index in [2.05, 4.69) is 0 Å². The fraction of sp³-hybridized carbons (Fsp3) is 0.333. The maximum atomic E-state index is 9.14. The minimum atomic E-state index is -0.0675. The number of nitrogens with two attached hydrogens (primary N) is 2. The maximum absolute atomic E-state index is 9.14. The first-order chi connectivity index (χ1) is 5.74. The molecule has 1 aromatic carbocycles. The van der Waals surface area contributed by atoms with Gasteiger partial charge in [-0.15, -0.1) is 12.4 Å². The smallest absolute Gasteiger partial charge is 0.115 e. The molecule has 0 aliphatic heterocycles. The molecule has 0 amide bonds. The monoisotopic (exact) mass is 202 g/mol. The Bertz CT molecular complexity index is 255. The first kappa shape index (κ1) is 12.2. The highest BCUT2D eigenvalue weighted by atomic mass is 35.5. The lowest BCUT2D eigenvalue weighted by Crippen LogP contribution is -2.14. The lowest BCUT2D eigenvalue weighted by atomic mass is 10.0. The van der Waals surface area contributed by atoms with Crippen molar-refractivity contribution in [2.45, 2.75) is 12.5 Å². The topological polar surface area (TPSA) is 72.3 Å². The van der Waals surface area contributed by atoms with E-state index in [-0.39, 0.29) is 24.2 Å². The van der Waals surface area contributed by atoms with Crippen LogP contribution in [0, 0.1) is 0 Å². The van der Waals surface area contributed by atoms with Gasteiger partial charge >= 0.3 is 0 Å². The second-order valence-electron chi connectivity index (χ2n) is 2.78. The van der Waals surface area contributed by atoms with Gasteiger partial charge in [-0.1, -0.05) is 12.1 Å². The van der Waals surface area contributed by atoms with Crippen LogP contribution in [-0.4, -0.2) is 11.7 Å². The molecule has 0 radical (unpaired) electrons. The standard InChI is InChI=1S/C9H14N2O.ClH/c10-5-4-9(11)7-2-1-3-8(12)6-7;/h1-3,6,9,12H,4-5,10-11H2;1H/t9-;/m1./s1. The molecule has 0 saturated heterocycles. The van der Waals surface area contributed by atoms with E-state index in [4.69, 9.17) is 16.6 Å². The van der Waals surface area contributed by atoms with E-state index in [0.29, 0.717) is 6.54 Å². The van der Waals surface area contributed by atoms with Crippen molar-refractivity contribution in [2.75, 3.05) is 6.54 Å². The van der Waals surface area contributed by atoms with Gasteiger partial charge < -0.3 is 16.6 Å². The molecule has 4 heteroatoms. The summed E-state index contributed by atoms with van der Waals surface area (Å²) in [6, 6.07) is 6.89. The summed E-state index contributed by atoms with van der Waals surface area (Å²) in [4.78, 5) is 0. The molecule has 0 unspecified atom stereocenters. The minimum absolute atomic E-state index is 0. The van der Waals surface area contributed by atoms with Crippen molar-refractivity contribution >= 4 is 12.4 Å². The van der Waals surface area contributed by atoms with Gasteiger partial charge in [0.1, 0.15) is 5.75 Å². The Morgan fingerprint density at radius 2 is 2.08 bits per heavy atom. The molecule has 1 aromatic rings. The molecule has 1 rings (SSSR count). The van der Waals surface area contributed by atoms with Gasteiger partial charge in [0.15, 0.2) is 0 Å². The molecule has 3 nitrogen and oxygen atoms in total. The van der Waals surface area contributed by atoms with Gasteiger partial charge in [0, 0.05) is 6.04 Å². The number of phenolic OH excluding ortho intramolecular Hbond substituents is 1. The molecule has 0 saturated carbocycles. The van der Waals surface area contributed by atoms with Gasteiger partial charge in [-0.25, -0.2) is 0 Å². The zero-order chi connectivity index (χ0) is 8.97. The lowest BCUT2D eigenvalue weighted by Gasteiger charge is -2.10. The summed E-state index contributed by atoms with van der Waals surface area (Å²) in [7, 11) is 0. The number of rotatable bonds is 3. The number of hydrogen-bond donors (Lipinski definition) is 3. The molecule has 74 valence electrons. The lowest BCUT2D eigenvalue weighted by molar-refractivity contribution is 0.473. The third-order valence-corrected chi connectivity index (χ3v) is 1.78. The van der Waals surface area contributed by atoms with E-state index in [1.807, 2.05) is 6.07 Å². The van der Waals surface area contributed by atoms with Gasteiger partial charge in [0.05, 0.1) is 0 Å². The Morgan fingerprint density at radius 3 is 2.62 bits per heavy atom. The van der Waals surface area contributed by atoms with E-state index >= 15 is 0 Å². The van der Waals surface area contributed by atoms with Crippen molar-refractivity contribution in [3.05, 3.63) is 29.8 Å². The van der Waals surface area contributed by atoms with Crippen LogP contribution in [0.1, 0.15) is 18.0 Å². The van der Waals surface area contributed by atoms with Crippen LogP contribution >= 0.6 is 12.4 Å². The molecule has 13 heavy (non-hydrogen) atoms. The zero-order valence-electron chi connectivity index (χ0n) is 7.31. The van der Waals surface area contributed by atoms with Crippen LogP contribution in [0.15, 0.2) is 24.3 Å². The van der Waals surface area contributed by atoms with Crippen molar-refractivity contribution in [2.24, 2.45) is 11.5 Å². The van der Waals surface area contributed by atoms with Gasteiger partial charge in [-0.3, -0.25) is 0 Å². The summed E-state index contributed by atoms with van der Waals surface area (Å²) in [5.41, 5.74) is 12.1. The summed E-state index contributed by atoms with van der Waals surface area (Å²) in [6.45, 7) is 0.566. The highest BCUT2D eigenvalue weighted by molar-refractivity contribution is 5.85. The van der Waals surface area contributed by atoms with E-state index in [1.165, 1.54) is 0 Å². The third kappa shape index (κ3) is 3.63. The fourth-order valence-electron chi connectivity index (χ4n) is 1.10. The minimum Gasteiger partial charge on any atom is -0.508 e. The first-order valence-corrected chi connectivity index (χ1v) is 3.98. The number of halogens is 1. The van der Waals surface area contributed by atoms with E-state index in [0.717, 1.165) is 12.0 Å². The summed E-state index contributed by atoms with van der Waals surface area (Å²) in [5.74, 6) is 0.250.